The third-order valence-electron chi connectivity index (χ3n) is 2.54. The molecule has 5 heteroatoms. The van der Waals surface area contributed by atoms with Crippen LogP contribution >= 0.6 is 0 Å². The lowest BCUT2D eigenvalue weighted by Crippen LogP contribution is -2.26. The average Bonchev–Trinajstić information content (AvgIpc) is 2.34. The summed E-state index contributed by atoms with van der Waals surface area (Å²) in [6, 6.07) is 1.57. The number of hydrogen-bond donors (Lipinski definition) is 2. The largest absolute Gasteiger partial charge is 0.374 e. The van der Waals surface area contributed by atoms with Crippen molar-refractivity contribution in [2.45, 2.75) is 34.2 Å². The van der Waals surface area contributed by atoms with E-state index in [1.54, 1.807) is 13.1 Å². The second-order valence-corrected chi connectivity index (χ2v) is 3.70. The molecule has 1 aromatic rings. The van der Waals surface area contributed by atoms with Crippen molar-refractivity contribution in [1.82, 2.24) is 9.88 Å². The van der Waals surface area contributed by atoms with E-state index < -0.39 is 0 Å². The quantitative estimate of drug-likeness (QED) is 0.856. The molecule has 2 N–H and O–H groups in total. The van der Waals surface area contributed by atoms with Crippen LogP contribution in [0.2, 0.25) is 0 Å². The van der Waals surface area contributed by atoms with E-state index in [2.05, 4.69) is 10.6 Å². The highest BCUT2D eigenvalue weighted by atomic mass is 16.1. The van der Waals surface area contributed by atoms with Gasteiger partial charge in [0.05, 0.1) is 12.1 Å². The van der Waals surface area contributed by atoms with Gasteiger partial charge in [-0.3, -0.25) is 9.59 Å². The van der Waals surface area contributed by atoms with Crippen LogP contribution < -0.4 is 16.1 Å². The molecule has 0 aliphatic carbocycles. The number of carbonyl (C=O) groups is 1. The Bertz CT molecular complexity index is 464. The number of aryl methyl sites for hydroxylation is 1. The molecule has 0 bridgehead atoms. The van der Waals surface area contributed by atoms with Gasteiger partial charge in [0.2, 0.25) is 5.91 Å². The number of hydrogen-bond acceptors (Lipinski definition) is 3. The summed E-state index contributed by atoms with van der Waals surface area (Å²) in [5.74, 6) is 0.587. The van der Waals surface area contributed by atoms with Crippen LogP contribution in [0.15, 0.2) is 10.9 Å². The Balaban J connectivity index is 0.00000137. The molecule has 1 rings (SSSR count). The first-order valence-corrected chi connectivity index (χ1v) is 6.09. The van der Waals surface area contributed by atoms with E-state index in [1.165, 1.54) is 6.92 Å². The van der Waals surface area contributed by atoms with Gasteiger partial charge in [0.1, 0.15) is 5.82 Å². The fraction of sp³-hybridized carbons (Fsp3) is 0.538. The van der Waals surface area contributed by atoms with Crippen LogP contribution in [-0.4, -0.2) is 17.5 Å². The lowest BCUT2D eigenvalue weighted by molar-refractivity contribution is -0.119. The summed E-state index contributed by atoms with van der Waals surface area (Å²) in [5, 5.41) is 5.61. The minimum absolute atomic E-state index is 0.0614. The zero-order chi connectivity index (χ0) is 14.3. The second-order valence-electron chi connectivity index (χ2n) is 3.70. The van der Waals surface area contributed by atoms with Crippen LogP contribution in [0.3, 0.4) is 0 Å². The molecule has 102 valence electrons. The molecule has 1 amide bonds. The zero-order valence-electron chi connectivity index (χ0n) is 12.0. The monoisotopic (exact) mass is 253 g/mol. The first kappa shape index (κ1) is 16.2. The molecule has 1 heterocycles. The van der Waals surface area contributed by atoms with E-state index in [9.17, 15) is 9.59 Å². The molecule has 0 unspecified atom stereocenters. The number of nitrogens with one attached hydrogen (secondary N) is 2. The van der Waals surface area contributed by atoms with Crippen molar-refractivity contribution in [3.8, 4) is 0 Å². The Hall–Kier alpha value is -1.78. The fourth-order valence-electron chi connectivity index (χ4n) is 1.57. The van der Waals surface area contributed by atoms with Gasteiger partial charge >= 0.3 is 0 Å². The summed E-state index contributed by atoms with van der Waals surface area (Å²) in [7, 11) is 3.63. The predicted octanol–water partition coefficient (Wildman–Crippen LogP) is 1.40. The SMILES string of the molecule is CC.CNc1c(CNC(C)=O)c(=O)cc(C)n1C. The molecular weight excluding hydrogens is 230 g/mol. The zero-order valence-corrected chi connectivity index (χ0v) is 12.0. The first-order valence-electron chi connectivity index (χ1n) is 6.09. The van der Waals surface area contributed by atoms with Gasteiger partial charge in [0, 0.05) is 32.8 Å². The van der Waals surface area contributed by atoms with Crippen LogP contribution in [0.25, 0.3) is 0 Å². The number of aromatic nitrogens is 1. The summed E-state index contributed by atoms with van der Waals surface area (Å²) in [4.78, 5) is 22.6. The summed E-state index contributed by atoms with van der Waals surface area (Å²) in [6.45, 7) is 7.54. The highest BCUT2D eigenvalue weighted by Crippen LogP contribution is 2.11. The predicted molar refractivity (Wildman–Crippen MR) is 74.8 cm³/mol. The number of pyridine rings is 1. The lowest BCUT2D eigenvalue weighted by atomic mass is 10.2. The molecule has 1 aromatic heterocycles. The third-order valence-corrected chi connectivity index (χ3v) is 2.54. The highest BCUT2D eigenvalue weighted by molar-refractivity contribution is 5.73. The molecule has 0 aliphatic heterocycles. The van der Waals surface area contributed by atoms with Crippen LogP contribution in [0.1, 0.15) is 32.0 Å². The fourth-order valence-corrected chi connectivity index (χ4v) is 1.57. The van der Waals surface area contributed by atoms with Gasteiger partial charge in [-0.15, -0.1) is 0 Å². The molecule has 0 aromatic carbocycles. The Kier molecular flexibility index (Phi) is 6.78. The highest BCUT2D eigenvalue weighted by Gasteiger charge is 2.10. The molecule has 0 saturated carbocycles. The van der Waals surface area contributed by atoms with Crippen molar-refractivity contribution in [2.24, 2.45) is 7.05 Å². The van der Waals surface area contributed by atoms with Crippen LogP contribution in [0.4, 0.5) is 5.82 Å². The molecule has 0 atom stereocenters. The van der Waals surface area contributed by atoms with Gasteiger partial charge < -0.3 is 15.2 Å². The van der Waals surface area contributed by atoms with Crippen molar-refractivity contribution in [3.05, 3.63) is 27.5 Å². The average molecular weight is 253 g/mol. The number of carbonyl (C=O) groups excluding carboxylic acids is 1. The Morgan fingerprint density at radius 1 is 1.39 bits per heavy atom. The van der Waals surface area contributed by atoms with Crippen LogP contribution in [0, 0.1) is 6.92 Å². The molecule has 0 aliphatic rings. The van der Waals surface area contributed by atoms with Gasteiger partial charge in [-0.25, -0.2) is 0 Å². The Morgan fingerprint density at radius 3 is 2.39 bits per heavy atom. The maximum absolute atomic E-state index is 11.8. The van der Waals surface area contributed by atoms with Gasteiger partial charge in [0.15, 0.2) is 5.43 Å². The van der Waals surface area contributed by atoms with E-state index in [-0.39, 0.29) is 17.9 Å². The number of anilines is 1. The molecule has 0 radical (unpaired) electrons. The number of nitrogens with zero attached hydrogens (tertiary/aromatic N) is 1. The van der Waals surface area contributed by atoms with Crippen LogP contribution in [-0.2, 0) is 18.4 Å². The van der Waals surface area contributed by atoms with Crippen molar-refractivity contribution in [2.75, 3.05) is 12.4 Å². The van der Waals surface area contributed by atoms with Gasteiger partial charge in [-0.05, 0) is 6.92 Å². The minimum Gasteiger partial charge on any atom is -0.374 e. The van der Waals surface area contributed by atoms with E-state index in [0.29, 0.717) is 5.56 Å². The number of amides is 1. The van der Waals surface area contributed by atoms with E-state index in [1.807, 2.05) is 32.4 Å². The minimum atomic E-state index is -0.148. The maximum atomic E-state index is 11.8. The molecule has 18 heavy (non-hydrogen) atoms. The summed E-state index contributed by atoms with van der Waals surface area (Å²) >= 11 is 0. The van der Waals surface area contributed by atoms with E-state index >= 15 is 0 Å². The summed E-state index contributed by atoms with van der Waals surface area (Å²) in [5.41, 5.74) is 1.39. The molecule has 0 saturated heterocycles. The molecule has 0 fully saturated rings. The smallest absolute Gasteiger partial charge is 0.217 e. The summed E-state index contributed by atoms with van der Waals surface area (Å²) in [6.07, 6.45) is 0. The Morgan fingerprint density at radius 2 is 1.94 bits per heavy atom. The maximum Gasteiger partial charge on any atom is 0.217 e. The van der Waals surface area contributed by atoms with Crippen molar-refractivity contribution < 1.29 is 4.79 Å². The lowest BCUT2D eigenvalue weighted by Gasteiger charge is -2.16. The third kappa shape index (κ3) is 3.91. The van der Waals surface area contributed by atoms with Crippen molar-refractivity contribution in [3.63, 3.8) is 0 Å². The van der Waals surface area contributed by atoms with E-state index in [0.717, 1.165) is 11.5 Å². The Labute approximate surface area is 108 Å². The first-order chi connectivity index (χ1) is 8.47. The van der Waals surface area contributed by atoms with Crippen molar-refractivity contribution in [1.29, 1.82) is 0 Å². The number of rotatable bonds is 3. The summed E-state index contributed by atoms with van der Waals surface area (Å²) < 4.78 is 1.89. The topological polar surface area (TPSA) is 63.1 Å². The second kappa shape index (κ2) is 7.53. The van der Waals surface area contributed by atoms with Crippen molar-refractivity contribution >= 4 is 11.7 Å². The normalized spacial score (nSPS) is 9.22. The molecule has 5 nitrogen and oxygen atoms in total. The standard InChI is InChI=1S/C11H17N3O2.C2H6/c1-7-5-10(16)9(6-13-8(2)15)11(12-3)14(7)4;1-2/h5,12H,6H2,1-4H3,(H,13,15);1-2H3. The van der Waals surface area contributed by atoms with Gasteiger partial charge in [-0.1, -0.05) is 13.8 Å². The van der Waals surface area contributed by atoms with Gasteiger partial charge in [-0.2, -0.15) is 0 Å². The van der Waals surface area contributed by atoms with Crippen LogP contribution in [0.5, 0.6) is 0 Å². The van der Waals surface area contributed by atoms with Gasteiger partial charge in [0.25, 0.3) is 0 Å². The molecular formula is C13H23N3O2. The molecule has 0 spiro atoms. The van der Waals surface area contributed by atoms with E-state index in [4.69, 9.17) is 0 Å².